The number of hydrogen-bond donors (Lipinski definition) is 1. The Hall–Kier alpha value is -1.87. The Labute approximate surface area is 101 Å². The summed E-state index contributed by atoms with van der Waals surface area (Å²) >= 11 is 0. The van der Waals surface area contributed by atoms with E-state index in [0.29, 0.717) is 5.88 Å². The van der Waals surface area contributed by atoms with Crippen molar-refractivity contribution in [1.82, 2.24) is 4.98 Å². The maximum Gasteiger partial charge on any atom is 0.213 e. The molecule has 0 amide bonds. The van der Waals surface area contributed by atoms with Gasteiger partial charge in [0.15, 0.2) is 0 Å². The second kappa shape index (κ2) is 5.46. The molecule has 1 aromatic carbocycles. The van der Waals surface area contributed by atoms with Crippen molar-refractivity contribution in [1.29, 1.82) is 0 Å². The third-order valence-corrected chi connectivity index (χ3v) is 2.44. The van der Waals surface area contributed by atoms with Crippen LogP contribution in [0.15, 0.2) is 48.5 Å². The van der Waals surface area contributed by atoms with Gasteiger partial charge in [0.2, 0.25) is 5.88 Å². The molecule has 88 valence electrons. The topological polar surface area (TPSA) is 42.4 Å². The number of aryl methyl sites for hydroxylation is 1. The molecule has 1 aromatic heterocycles. The van der Waals surface area contributed by atoms with Crippen LogP contribution in [0, 0.1) is 6.92 Å². The molecule has 0 aliphatic rings. The lowest BCUT2D eigenvalue weighted by molar-refractivity contribution is 0.105. The molecule has 0 spiro atoms. The maximum atomic E-state index is 9.90. The molecule has 0 bridgehead atoms. The van der Waals surface area contributed by atoms with Gasteiger partial charge in [-0.25, -0.2) is 4.98 Å². The number of aliphatic hydroxyl groups is 1. The second-order valence-corrected chi connectivity index (χ2v) is 3.85. The predicted molar refractivity (Wildman–Crippen MR) is 65.9 cm³/mol. The van der Waals surface area contributed by atoms with E-state index in [4.69, 9.17) is 4.74 Å². The molecule has 0 aliphatic heterocycles. The third kappa shape index (κ3) is 3.29. The number of pyridine rings is 1. The largest absolute Gasteiger partial charge is 0.475 e. The van der Waals surface area contributed by atoms with Gasteiger partial charge in [-0.2, -0.15) is 0 Å². The van der Waals surface area contributed by atoms with Crippen molar-refractivity contribution in [2.24, 2.45) is 0 Å². The van der Waals surface area contributed by atoms with Gasteiger partial charge in [-0.3, -0.25) is 0 Å². The van der Waals surface area contributed by atoms with E-state index in [-0.39, 0.29) is 6.61 Å². The lowest BCUT2D eigenvalue weighted by Gasteiger charge is -2.12. The number of aliphatic hydroxyl groups excluding tert-OH is 1. The van der Waals surface area contributed by atoms with Crippen LogP contribution in [0.2, 0.25) is 0 Å². The molecule has 0 radical (unpaired) electrons. The summed E-state index contributed by atoms with van der Waals surface area (Å²) in [5.74, 6) is 0.542. The highest BCUT2D eigenvalue weighted by atomic mass is 16.5. The first-order valence-electron chi connectivity index (χ1n) is 5.55. The van der Waals surface area contributed by atoms with Crippen molar-refractivity contribution in [2.45, 2.75) is 13.0 Å². The van der Waals surface area contributed by atoms with Crippen LogP contribution in [0.3, 0.4) is 0 Å². The van der Waals surface area contributed by atoms with Crippen LogP contribution in [-0.4, -0.2) is 16.7 Å². The summed E-state index contributed by atoms with van der Waals surface area (Å²) in [5, 5.41) is 9.90. The van der Waals surface area contributed by atoms with Gasteiger partial charge in [-0.05, 0) is 18.6 Å². The van der Waals surface area contributed by atoms with Crippen LogP contribution in [0.4, 0.5) is 0 Å². The van der Waals surface area contributed by atoms with Crippen molar-refractivity contribution in [3.8, 4) is 5.88 Å². The summed E-state index contributed by atoms with van der Waals surface area (Å²) < 4.78 is 5.44. The van der Waals surface area contributed by atoms with Crippen LogP contribution >= 0.6 is 0 Å². The average Bonchev–Trinajstić information content (AvgIpc) is 2.37. The highest BCUT2D eigenvalue weighted by Crippen LogP contribution is 2.14. The molecular weight excluding hydrogens is 214 g/mol. The molecule has 0 fully saturated rings. The quantitative estimate of drug-likeness (QED) is 0.875. The smallest absolute Gasteiger partial charge is 0.213 e. The van der Waals surface area contributed by atoms with E-state index in [1.54, 1.807) is 6.07 Å². The van der Waals surface area contributed by atoms with E-state index in [1.807, 2.05) is 49.4 Å². The predicted octanol–water partition coefficient (Wildman–Crippen LogP) is 2.50. The lowest BCUT2D eigenvalue weighted by Crippen LogP contribution is -2.10. The zero-order valence-corrected chi connectivity index (χ0v) is 9.71. The number of aromatic nitrogens is 1. The molecule has 1 atom stereocenters. The van der Waals surface area contributed by atoms with Gasteiger partial charge in [0.1, 0.15) is 12.7 Å². The Kier molecular flexibility index (Phi) is 3.73. The number of ether oxygens (including phenoxy) is 1. The average molecular weight is 229 g/mol. The van der Waals surface area contributed by atoms with E-state index >= 15 is 0 Å². The molecule has 0 aliphatic carbocycles. The minimum atomic E-state index is -0.626. The highest BCUT2D eigenvalue weighted by molar-refractivity contribution is 5.18. The molecule has 3 heteroatoms. The Bertz CT molecular complexity index is 471. The molecular formula is C14H15NO2. The van der Waals surface area contributed by atoms with Crippen LogP contribution < -0.4 is 4.74 Å². The van der Waals surface area contributed by atoms with E-state index < -0.39 is 6.10 Å². The summed E-state index contributed by atoms with van der Waals surface area (Å²) in [4.78, 5) is 4.21. The Balaban J connectivity index is 1.95. The van der Waals surface area contributed by atoms with Gasteiger partial charge in [-0.1, -0.05) is 36.4 Å². The van der Waals surface area contributed by atoms with Gasteiger partial charge in [-0.15, -0.1) is 0 Å². The van der Waals surface area contributed by atoms with Crippen molar-refractivity contribution >= 4 is 0 Å². The van der Waals surface area contributed by atoms with E-state index in [0.717, 1.165) is 11.3 Å². The van der Waals surface area contributed by atoms with Crippen molar-refractivity contribution in [3.63, 3.8) is 0 Å². The van der Waals surface area contributed by atoms with Gasteiger partial charge in [0, 0.05) is 11.8 Å². The van der Waals surface area contributed by atoms with E-state index in [1.165, 1.54) is 0 Å². The number of rotatable bonds is 4. The van der Waals surface area contributed by atoms with Gasteiger partial charge in [0.25, 0.3) is 0 Å². The second-order valence-electron chi connectivity index (χ2n) is 3.85. The standard InChI is InChI=1S/C14H15NO2/c1-11-6-5-9-14(15-11)17-10-13(16)12-7-3-2-4-8-12/h2-9,13,16H,10H2,1H3/t13-/m1/s1. The molecule has 3 nitrogen and oxygen atoms in total. The fraction of sp³-hybridized carbons (Fsp3) is 0.214. The zero-order valence-electron chi connectivity index (χ0n) is 9.71. The van der Waals surface area contributed by atoms with Crippen molar-refractivity contribution < 1.29 is 9.84 Å². The van der Waals surface area contributed by atoms with Gasteiger partial charge in [0.05, 0.1) is 0 Å². The lowest BCUT2D eigenvalue weighted by atomic mass is 10.1. The number of hydrogen-bond acceptors (Lipinski definition) is 3. The van der Waals surface area contributed by atoms with Crippen LogP contribution in [0.25, 0.3) is 0 Å². The summed E-state index contributed by atoms with van der Waals surface area (Å²) in [6.45, 7) is 2.11. The first-order chi connectivity index (χ1) is 8.25. The van der Waals surface area contributed by atoms with Crippen LogP contribution in [-0.2, 0) is 0 Å². The first kappa shape index (κ1) is 11.6. The molecule has 0 unspecified atom stereocenters. The number of benzene rings is 1. The Morgan fingerprint density at radius 2 is 1.88 bits per heavy atom. The van der Waals surface area contributed by atoms with Crippen LogP contribution in [0.1, 0.15) is 17.4 Å². The first-order valence-corrected chi connectivity index (χ1v) is 5.55. The van der Waals surface area contributed by atoms with Gasteiger partial charge < -0.3 is 9.84 Å². The normalized spacial score (nSPS) is 12.1. The summed E-state index contributed by atoms with van der Waals surface area (Å²) in [6, 6.07) is 15.0. The molecule has 1 heterocycles. The summed E-state index contributed by atoms with van der Waals surface area (Å²) in [5.41, 5.74) is 1.75. The zero-order chi connectivity index (χ0) is 12.1. The third-order valence-electron chi connectivity index (χ3n) is 2.44. The molecule has 0 saturated carbocycles. The van der Waals surface area contributed by atoms with Gasteiger partial charge >= 0.3 is 0 Å². The Morgan fingerprint density at radius 1 is 1.12 bits per heavy atom. The van der Waals surface area contributed by atoms with Crippen LogP contribution in [0.5, 0.6) is 5.88 Å². The summed E-state index contributed by atoms with van der Waals surface area (Å²) in [6.07, 6.45) is -0.626. The fourth-order valence-electron chi connectivity index (χ4n) is 1.53. The minimum Gasteiger partial charge on any atom is -0.475 e. The highest BCUT2D eigenvalue weighted by Gasteiger charge is 2.07. The Morgan fingerprint density at radius 3 is 2.59 bits per heavy atom. The SMILES string of the molecule is Cc1cccc(OC[C@@H](O)c2ccccc2)n1. The summed E-state index contributed by atoms with van der Waals surface area (Å²) in [7, 11) is 0. The van der Waals surface area contributed by atoms with E-state index in [9.17, 15) is 5.11 Å². The molecule has 17 heavy (non-hydrogen) atoms. The minimum absolute atomic E-state index is 0.209. The van der Waals surface area contributed by atoms with Crippen molar-refractivity contribution in [3.05, 3.63) is 59.8 Å². The number of nitrogens with zero attached hydrogens (tertiary/aromatic N) is 1. The fourth-order valence-corrected chi connectivity index (χ4v) is 1.53. The molecule has 1 N–H and O–H groups in total. The monoisotopic (exact) mass is 229 g/mol. The molecule has 2 rings (SSSR count). The van der Waals surface area contributed by atoms with E-state index in [2.05, 4.69) is 4.98 Å². The molecule has 0 saturated heterocycles. The van der Waals surface area contributed by atoms with Crippen molar-refractivity contribution in [2.75, 3.05) is 6.61 Å². The maximum absolute atomic E-state index is 9.90. The molecule has 2 aromatic rings.